The summed E-state index contributed by atoms with van der Waals surface area (Å²) < 4.78 is 0.693. The Kier molecular flexibility index (Phi) is 4.35. The van der Waals surface area contributed by atoms with Crippen molar-refractivity contribution in [2.45, 2.75) is 50.9 Å². The topological polar surface area (TPSA) is 0 Å². The van der Waals surface area contributed by atoms with Gasteiger partial charge in [-0.05, 0) is 47.6 Å². The fraction of sp³-hybridized carbons (Fsp3) is 0.562. The third kappa shape index (κ3) is 2.48. The van der Waals surface area contributed by atoms with Crippen LogP contribution in [0.1, 0.15) is 56.6 Å². The Balaban J connectivity index is 0.00000133. The summed E-state index contributed by atoms with van der Waals surface area (Å²) in [5, 5.41) is 0. The van der Waals surface area contributed by atoms with Gasteiger partial charge in [0.05, 0.1) is 4.20 Å². The van der Waals surface area contributed by atoms with Gasteiger partial charge in [-0.25, -0.2) is 0 Å². The fourth-order valence-corrected chi connectivity index (χ4v) is 4.37. The maximum Gasteiger partial charge on any atom is 0.0747 e. The lowest BCUT2D eigenvalue weighted by molar-refractivity contribution is -0.147. The van der Waals surface area contributed by atoms with Crippen molar-refractivity contribution in [3.05, 3.63) is 35.4 Å². The van der Waals surface area contributed by atoms with Gasteiger partial charge in [0.15, 0.2) is 0 Å². The van der Waals surface area contributed by atoms with Crippen LogP contribution in [0.15, 0.2) is 24.3 Å². The Labute approximate surface area is 133 Å². The summed E-state index contributed by atoms with van der Waals surface area (Å²) in [4.78, 5) is 0. The minimum Gasteiger partial charge on any atom is -0.147 e. The second kappa shape index (κ2) is 5.38. The van der Waals surface area contributed by atoms with Crippen LogP contribution in [0.5, 0.6) is 0 Å². The molecule has 0 heterocycles. The number of hydrogen-bond acceptors (Lipinski definition) is 1. The van der Waals surface area contributed by atoms with Crippen molar-refractivity contribution in [1.29, 1.82) is 0 Å². The Morgan fingerprint density at radius 1 is 1.21 bits per heavy atom. The first-order valence-corrected chi connectivity index (χ1v) is 7.79. The molecule has 3 aliphatic rings. The molecule has 104 valence electrons. The second-order valence-electron chi connectivity index (χ2n) is 6.30. The molecule has 1 aromatic carbocycles. The van der Waals surface area contributed by atoms with Gasteiger partial charge in [0, 0.05) is 0 Å². The van der Waals surface area contributed by atoms with Crippen molar-refractivity contribution < 1.29 is 0 Å². The smallest absolute Gasteiger partial charge is 0.0747 e. The molecule has 3 aliphatic carbocycles. The van der Waals surface area contributed by atoms with Gasteiger partial charge >= 0.3 is 0 Å². The van der Waals surface area contributed by atoms with Crippen LogP contribution in [-0.4, -0.2) is 4.20 Å². The van der Waals surface area contributed by atoms with Gasteiger partial charge in [-0.2, -0.15) is 0 Å². The van der Waals surface area contributed by atoms with Gasteiger partial charge in [0.2, 0.25) is 0 Å². The molecule has 3 fully saturated rings. The molecule has 19 heavy (non-hydrogen) atoms. The minimum atomic E-state index is 0. The molecule has 1 aromatic rings. The summed E-state index contributed by atoms with van der Waals surface area (Å²) in [5.41, 5.74) is 3.86. The maximum atomic E-state index is 5.08. The number of thiocarbonyl (C=S) groups is 1. The highest BCUT2D eigenvalue weighted by atomic mass is 35.5. The molecule has 4 rings (SSSR count). The predicted molar refractivity (Wildman–Crippen MR) is 91.9 cm³/mol. The molecule has 0 aliphatic heterocycles. The predicted octanol–water partition coefficient (Wildman–Crippen LogP) is 5.33. The lowest BCUT2D eigenvalue weighted by Crippen LogP contribution is -2.64. The number of benzene rings is 1. The monoisotopic (exact) mass is 312 g/mol. The van der Waals surface area contributed by atoms with Gasteiger partial charge in [-0.15, -0.1) is 25.0 Å². The SMILES string of the molecule is CCCCC12CC(c3ccc(C(=S)S)cc3)(C1)C2.Cl. The van der Waals surface area contributed by atoms with E-state index in [1.54, 1.807) is 0 Å². The second-order valence-corrected chi connectivity index (χ2v) is 7.45. The van der Waals surface area contributed by atoms with E-state index in [1.165, 1.54) is 44.1 Å². The molecule has 0 nitrogen and oxygen atoms in total. The van der Waals surface area contributed by atoms with Crippen LogP contribution in [0.2, 0.25) is 0 Å². The van der Waals surface area contributed by atoms with Gasteiger partial charge in [-0.1, -0.05) is 56.2 Å². The quantitative estimate of drug-likeness (QED) is 0.566. The molecule has 0 radical (unpaired) electrons. The summed E-state index contributed by atoms with van der Waals surface area (Å²) in [6.07, 6.45) is 8.45. The lowest BCUT2D eigenvalue weighted by atomic mass is 9.32. The van der Waals surface area contributed by atoms with Gasteiger partial charge in [0.1, 0.15) is 0 Å². The molecule has 0 saturated heterocycles. The van der Waals surface area contributed by atoms with Crippen molar-refractivity contribution in [2.24, 2.45) is 5.41 Å². The van der Waals surface area contributed by atoms with E-state index < -0.39 is 0 Å². The lowest BCUT2D eigenvalue weighted by Gasteiger charge is -2.72. The molecular weight excluding hydrogens is 292 g/mol. The van der Waals surface area contributed by atoms with Crippen LogP contribution in [0.3, 0.4) is 0 Å². The summed E-state index contributed by atoms with van der Waals surface area (Å²) in [6.45, 7) is 2.29. The molecule has 0 atom stereocenters. The van der Waals surface area contributed by atoms with Crippen LogP contribution in [0.4, 0.5) is 0 Å². The Bertz CT molecular complexity index is 458. The standard InChI is InChI=1S/C16H20S2.ClH/c1-2-3-8-15-9-16(10-15,11-15)13-6-4-12(5-7-13)14(17)18;/h4-7H,2-3,8-11H2,1H3,(H,17,18);1H. The third-order valence-electron chi connectivity index (χ3n) is 4.95. The number of thiol groups is 1. The van der Waals surface area contributed by atoms with E-state index in [-0.39, 0.29) is 12.4 Å². The molecule has 0 spiro atoms. The van der Waals surface area contributed by atoms with Gasteiger partial charge in [-0.3, -0.25) is 0 Å². The molecule has 2 bridgehead atoms. The van der Waals surface area contributed by atoms with E-state index in [0.717, 1.165) is 11.0 Å². The van der Waals surface area contributed by atoms with E-state index in [1.807, 2.05) is 0 Å². The van der Waals surface area contributed by atoms with Crippen LogP contribution in [-0.2, 0) is 5.41 Å². The zero-order valence-corrected chi connectivity index (χ0v) is 13.8. The summed E-state index contributed by atoms with van der Waals surface area (Å²) in [5.74, 6) is 0. The zero-order valence-electron chi connectivity index (χ0n) is 11.3. The van der Waals surface area contributed by atoms with Crippen molar-refractivity contribution in [3.63, 3.8) is 0 Å². The summed E-state index contributed by atoms with van der Waals surface area (Å²) in [7, 11) is 0. The van der Waals surface area contributed by atoms with Crippen LogP contribution < -0.4 is 0 Å². The Morgan fingerprint density at radius 2 is 1.79 bits per heavy atom. The van der Waals surface area contributed by atoms with E-state index in [2.05, 4.69) is 43.8 Å². The first-order valence-electron chi connectivity index (χ1n) is 6.93. The maximum absolute atomic E-state index is 5.08. The molecule has 0 amide bonds. The number of rotatable bonds is 5. The third-order valence-corrected chi connectivity index (χ3v) is 5.44. The van der Waals surface area contributed by atoms with Gasteiger partial charge in [0.25, 0.3) is 0 Å². The fourth-order valence-electron chi connectivity index (χ4n) is 4.09. The molecule has 3 heteroatoms. The molecule has 0 aromatic heterocycles. The number of unbranched alkanes of at least 4 members (excludes halogenated alkanes) is 1. The van der Waals surface area contributed by atoms with Gasteiger partial charge < -0.3 is 0 Å². The highest BCUT2D eigenvalue weighted by molar-refractivity contribution is 8.11. The molecule has 3 saturated carbocycles. The molecule has 0 unspecified atom stereocenters. The molecular formula is C16H21ClS2. The van der Waals surface area contributed by atoms with E-state index in [4.69, 9.17) is 12.2 Å². The average Bonchev–Trinajstić information content (AvgIpc) is 2.26. The number of halogens is 1. The number of hydrogen-bond donors (Lipinski definition) is 1. The minimum absolute atomic E-state index is 0. The van der Waals surface area contributed by atoms with Crippen LogP contribution in [0.25, 0.3) is 0 Å². The van der Waals surface area contributed by atoms with E-state index >= 15 is 0 Å². The van der Waals surface area contributed by atoms with E-state index in [0.29, 0.717) is 9.61 Å². The van der Waals surface area contributed by atoms with Crippen molar-refractivity contribution in [3.8, 4) is 0 Å². The zero-order chi connectivity index (χ0) is 12.8. The molecule has 0 N–H and O–H groups in total. The Hall–Kier alpha value is -0.0500. The first-order chi connectivity index (χ1) is 8.59. The van der Waals surface area contributed by atoms with Crippen molar-refractivity contribution >= 4 is 41.5 Å². The highest BCUT2D eigenvalue weighted by Crippen LogP contribution is 2.75. The van der Waals surface area contributed by atoms with Crippen LogP contribution in [0, 0.1) is 5.41 Å². The van der Waals surface area contributed by atoms with Crippen molar-refractivity contribution in [2.75, 3.05) is 0 Å². The average molecular weight is 313 g/mol. The van der Waals surface area contributed by atoms with E-state index in [9.17, 15) is 0 Å². The Morgan fingerprint density at radius 3 is 2.26 bits per heavy atom. The first kappa shape index (κ1) is 15.3. The summed E-state index contributed by atoms with van der Waals surface area (Å²) >= 11 is 9.31. The summed E-state index contributed by atoms with van der Waals surface area (Å²) in [6, 6.07) is 8.79. The van der Waals surface area contributed by atoms with Crippen LogP contribution >= 0.6 is 37.3 Å². The highest BCUT2D eigenvalue weighted by Gasteiger charge is 2.67. The van der Waals surface area contributed by atoms with Crippen molar-refractivity contribution in [1.82, 2.24) is 0 Å². The normalized spacial score (nSPS) is 30.8. The largest absolute Gasteiger partial charge is 0.147 e.